The van der Waals surface area contributed by atoms with Crippen molar-refractivity contribution in [1.29, 1.82) is 0 Å². The lowest BCUT2D eigenvalue weighted by Crippen LogP contribution is -2.38. The van der Waals surface area contributed by atoms with E-state index in [1.54, 1.807) is 0 Å². The Bertz CT molecular complexity index is 1130. The van der Waals surface area contributed by atoms with Gasteiger partial charge in [0, 0.05) is 18.8 Å². The van der Waals surface area contributed by atoms with Gasteiger partial charge in [0.1, 0.15) is 0 Å². The third-order valence-corrected chi connectivity index (χ3v) is 6.85. The van der Waals surface area contributed by atoms with Crippen molar-refractivity contribution < 1.29 is 13.2 Å². The molecule has 0 unspecified atom stereocenters. The summed E-state index contributed by atoms with van der Waals surface area (Å²) in [7, 11) is -3.49. The zero-order valence-electron chi connectivity index (χ0n) is 16.4. The summed E-state index contributed by atoms with van der Waals surface area (Å²) in [6, 6.07) is 24.5. The average Bonchev–Trinajstić information content (AvgIpc) is 3.20. The van der Waals surface area contributed by atoms with Crippen LogP contribution in [0.1, 0.15) is 5.56 Å². The number of anilines is 2. The molecule has 1 aliphatic rings. The minimum atomic E-state index is -3.49. The first kappa shape index (κ1) is 20.0. The highest BCUT2D eigenvalue weighted by Gasteiger charge is 2.28. The first-order chi connectivity index (χ1) is 14.5. The highest BCUT2D eigenvalue weighted by atomic mass is 32.2. The minimum absolute atomic E-state index is 0.0366. The summed E-state index contributed by atoms with van der Waals surface area (Å²) in [4.78, 5) is 12.1. The quantitative estimate of drug-likeness (QED) is 0.634. The number of nitrogens with one attached hydrogen (secondary N) is 2. The van der Waals surface area contributed by atoms with Crippen LogP contribution in [0.3, 0.4) is 0 Å². The van der Waals surface area contributed by atoms with Crippen molar-refractivity contribution in [3.05, 3.63) is 84.4 Å². The maximum atomic E-state index is 12.7. The number of nitrogens with zero attached hydrogens (tertiary/aromatic N) is 1. The Kier molecular flexibility index (Phi) is 5.72. The van der Waals surface area contributed by atoms with Crippen molar-refractivity contribution in [1.82, 2.24) is 5.32 Å². The van der Waals surface area contributed by atoms with E-state index in [4.69, 9.17) is 0 Å². The largest absolute Gasteiger partial charge is 0.337 e. The number of hydrogen-bond acceptors (Lipinski definition) is 3. The van der Waals surface area contributed by atoms with Crippen LogP contribution in [-0.2, 0) is 16.4 Å². The summed E-state index contributed by atoms with van der Waals surface area (Å²) < 4.78 is 26.8. The molecule has 0 atom stereocenters. The van der Waals surface area contributed by atoms with E-state index in [0.29, 0.717) is 18.7 Å². The lowest BCUT2D eigenvalue weighted by Gasteiger charge is -2.19. The Morgan fingerprint density at radius 2 is 1.53 bits per heavy atom. The average molecular weight is 422 g/mol. The molecule has 2 N–H and O–H groups in total. The number of amides is 2. The van der Waals surface area contributed by atoms with Crippen LogP contribution >= 0.6 is 0 Å². The molecule has 0 saturated carbocycles. The Hall–Kier alpha value is -3.32. The van der Waals surface area contributed by atoms with Gasteiger partial charge in [-0.2, -0.15) is 0 Å². The third kappa shape index (κ3) is 4.46. The van der Waals surface area contributed by atoms with Gasteiger partial charge in [0.15, 0.2) is 0 Å². The van der Waals surface area contributed by atoms with E-state index in [1.165, 1.54) is 4.31 Å². The second kappa shape index (κ2) is 8.59. The predicted octanol–water partition coefficient (Wildman–Crippen LogP) is 3.87. The molecule has 30 heavy (non-hydrogen) atoms. The number of hydrogen-bond donors (Lipinski definition) is 2. The zero-order chi connectivity index (χ0) is 21.0. The second-order valence-corrected chi connectivity index (χ2v) is 9.10. The molecule has 1 aliphatic heterocycles. The molecule has 0 bridgehead atoms. The van der Waals surface area contributed by atoms with Gasteiger partial charge in [0.05, 0.1) is 11.4 Å². The molecule has 0 aromatic heterocycles. The predicted molar refractivity (Wildman–Crippen MR) is 120 cm³/mol. The summed E-state index contributed by atoms with van der Waals surface area (Å²) in [5, 5.41) is 5.36. The van der Waals surface area contributed by atoms with Crippen molar-refractivity contribution in [2.75, 3.05) is 28.5 Å². The van der Waals surface area contributed by atoms with Crippen LogP contribution in [-0.4, -0.2) is 33.3 Å². The van der Waals surface area contributed by atoms with E-state index in [0.717, 1.165) is 22.4 Å². The molecule has 7 heteroatoms. The number of carbonyl (C=O) groups excluding carboxylic acids is 1. The van der Waals surface area contributed by atoms with E-state index < -0.39 is 16.1 Å². The van der Waals surface area contributed by atoms with Crippen molar-refractivity contribution in [2.24, 2.45) is 0 Å². The molecule has 2 amide bonds. The number of para-hydroxylation sites is 1. The maximum absolute atomic E-state index is 12.7. The molecule has 4 rings (SSSR count). The fraction of sp³-hybridized carbons (Fsp3) is 0.174. The number of carbonyl (C=O) groups is 1. The molecule has 0 saturated heterocycles. The summed E-state index contributed by atoms with van der Waals surface area (Å²) >= 11 is 0. The van der Waals surface area contributed by atoms with Crippen molar-refractivity contribution in [2.45, 2.75) is 6.42 Å². The topological polar surface area (TPSA) is 78.5 Å². The van der Waals surface area contributed by atoms with Gasteiger partial charge in [-0.3, -0.25) is 4.31 Å². The maximum Gasteiger partial charge on any atom is 0.319 e. The molecular formula is C23H23N3O3S. The molecule has 0 fully saturated rings. The van der Waals surface area contributed by atoms with Crippen LogP contribution in [0.25, 0.3) is 11.1 Å². The van der Waals surface area contributed by atoms with Gasteiger partial charge in [0.25, 0.3) is 0 Å². The van der Waals surface area contributed by atoms with Gasteiger partial charge in [0.2, 0.25) is 10.0 Å². The van der Waals surface area contributed by atoms with E-state index in [9.17, 15) is 13.2 Å². The number of fused-ring (bicyclic) bond motifs is 1. The van der Waals surface area contributed by atoms with E-state index in [2.05, 4.69) is 10.6 Å². The molecule has 0 spiro atoms. The third-order valence-electron chi connectivity index (χ3n) is 5.08. The van der Waals surface area contributed by atoms with E-state index in [1.807, 2.05) is 78.9 Å². The Labute approximate surface area is 176 Å². The smallest absolute Gasteiger partial charge is 0.319 e. The van der Waals surface area contributed by atoms with Crippen LogP contribution in [0.5, 0.6) is 0 Å². The minimum Gasteiger partial charge on any atom is -0.337 e. The summed E-state index contributed by atoms with van der Waals surface area (Å²) in [5.41, 5.74) is 4.57. The Morgan fingerprint density at radius 1 is 0.867 bits per heavy atom. The van der Waals surface area contributed by atoms with Crippen LogP contribution < -0.4 is 14.9 Å². The molecule has 6 nitrogen and oxygen atoms in total. The molecule has 3 aromatic rings. The van der Waals surface area contributed by atoms with Gasteiger partial charge < -0.3 is 10.6 Å². The highest BCUT2D eigenvalue weighted by molar-refractivity contribution is 7.92. The number of rotatable bonds is 6. The van der Waals surface area contributed by atoms with Crippen molar-refractivity contribution >= 4 is 27.4 Å². The van der Waals surface area contributed by atoms with E-state index in [-0.39, 0.29) is 12.3 Å². The molecular weight excluding hydrogens is 398 g/mol. The first-order valence-corrected chi connectivity index (χ1v) is 11.4. The zero-order valence-corrected chi connectivity index (χ0v) is 17.2. The fourth-order valence-corrected chi connectivity index (χ4v) is 4.98. The lowest BCUT2D eigenvalue weighted by molar-refractivity contribution is 0.252. The highest BCUT2D eigenvalue weighted by Crippen LogP contribution is 2.29. The van der Waals surface area contributed by atoms with Gasteiger partial charge in [-0.05, 0) is 41.3 Å². The molecule has 0 aliphatic carbocycles. The summed E-state index contributed by atoms with van der Waals surface area (Å²) in [6.07, 6.45) is 0.711. The van der Waals surface area contributed by atoms with Crippen LogP contribution in [0.4, 0.5) is 16.2 Å². The fourth-order valence-electron chi connectivity index (χ4n) is 3.55. The summed E-state index contributed by atoms with van der Waals surface area (Å²) in [5.74, 6) is -0.151. The van der Waals surface area contributed by atoms with Crippen LogP contribution in [0, 0.1) is 0 Å². The van der Waals surface area contributed by atoms with Gasteiger partial charge >= 0.3 is 6.03 Å². The number of urea groups is 1. The summed E-state index contributed by atoms with van der Waals surface area (Å²) in [6.45, 7) is 0.483. The van der Waals surface area contributed by atoms with Gasteiger partial charge in [-0.1, -0.05) is 60.7 Å². The Morgan fingerprint density at radius 3 is 2.30 bits per heavy atom. The lowest BCUT2D eigenvalue weighted by atomic mass is 10.1. The second-order valence-electron chi connectivity index (χ2n) is 7.09. The molecule has 3 aromatic carbocycles. The standard InChI is InChI=1S/C23H23N3O3S/c27-23(25-21-12-10-19(11-13-21)18-6-2-1-3-7-18)24-15-17-30(28,29)26-16-14-20-8-4-5-9-22(20)26/h1-13H,14-17H2,(H2,24,25,27). The van der Waals surface area contributed by atoms with Gasteiger partial charge in [-0.15, -0.1) is 0 Å². The van der Waals surface area contributed by atoms with Crippen LogP contribution in [0.15, 0.2) is 78.9 Å². The monoisotopic (exact) mass is 421 g/mol. The van der Waals surface area contributed by atoms with E-state index >= 15 is 0 Å². The normalized spacial score (nSPS) is 13.0. The SMILES string of the molecule is O=C(NCCS(=O)(=O)N1CCc2ccccc21)Nc1ccc(-c2ccccc2)cc1. The van der Waals surface area contributed by atoms with Crippen molar-refractivity contribution in [3.8, 4) is 11.1 Å². The molecule has 0 radical (unpaired) electrons. The number of benzene rings is 3. The van der Waals surface area contributed by atoms with Gasteiger partial charge in [-0.25, -0.2) is 13.2 Å². The molecule has 1 heterocycles. The first-order valence-electron chi connectivity index (χ1n) is 9.82. The Balaban J connectivity index is 1.29. The van der Waals surface area contributed by atoms with Crippen LogP contribution in [0.2, 0.25) is 0 Å². The van der Waals surface area contributed by atoms with Crippen molar-refractivity contribution in [3.63, 3.8) is 0 Å². The molecule has 154 valence electrons. The number of sulfonamides is 1.